The molecule has 1 amide bonds. The number of benzene rings is 1. The van der Waals surface area contributed by atoms with Crippen LogP contribution in [0.25, 0.3) is 0 Å². The third kappa shape index (κ3) is 3.83. The zero-order valence-corrected chi connectivity index (χ0v) is 11.8. The normalized spacial score (nSPS) is 12.8. The number of carbonyl (C=O) groups excluding carboxylic acids is 1. The highest BCUT2D eigenvalue weighted by Gasteiger charge is 2.20. The van der Waals surface area contributed by atoms with Gasteiger partial charge in [-0.05, 0) is 12.1 Å². The Morgan fingerprint density at radius 3 is 2.45 bits per heavy atom. The van der Waals surface area contributed by atoms with Crippen LogP contribution in [-0.2, 0) is 14.8 Å². The largest absolute Gasteiger partial charge is 0.493 e. The van der Waals surface area contributed by atoms with E-state index < -0.39 is 28.6 Å². The van der Waals surface area contributed by atoms with Crippen LogP contribution >= 0.6 is 0 Å². The number of aliphatic hydroxyl groups excluding tert-OH is 1. The Hall–Kier alpha value is -1.84. The SMILES string of the molecule is COc1ccc(S(=O)(=O)NCC(O)C(N)=O)cc1OC. The second-order valence-electron chi connectivity index (χ2n) is 3.79. The van der Waals surface area contributed by atoms with Gasteiger partial charge < -0.3 is 20.3 Å². The second-order valence-corrected chi connectivity index (χ2v) is 5.55. The summed E-state index contributed by atoms with van der Waals surface area (Å²) in [6, 6.07) is 4.00. The zero-order chi connectivity index (χ0) is 15.3. The molecule has 4 N–H and O–H groups in total. The van der Waals surface area contributed by atoms with Gasteiger partial charge in [-0.15, -0.1) is 0 Å². The number of primary amides is 1. The highest BCUT2D eigenvalue weighted by Crippen LogP contribution is 2.29. The Morgan fingerprint density at radius 1 is 1.35 bits per heavy atom. The number of carbonyl (C=O) groups is 1. The number of hydrogen-bond donors (Lipinski definition) is 3. The lowest BCUT2D eigenvalue weighted by molar-refractivity contribution is -0.125. The number of rotatable bonds is 7. The van der Waals surface area contributed by atoms with Crippen LogP contribution in [0.4, 0.5) is 0 Å². The van der Waals surface area contributed by atoms with Gasteiger partial charge in [0.05, 0.1) is 19.1 Å². The van der Waals surface area contributed by atoms with Crippen LogP contribution in [0.2, 0.25) is 0 Å². The highest BCUT2D eigenvalue weighted by atomic mass is 32.2. The lowest BCUT2D eigenvalue weighted by Gasteiger charge is -2.12. The molecule has 0 fully saturated rings. The average Bonchev–Trinajstić information content (AvgIpc) is 2.43. The van der Waals surface area contributed by atoms with Gasteiger partial charge in [-0.1, -0.05) is 0 Å². The van der Waals surface area contributed by atoms with Crippen molar-refractivity contribution in [3.05, 3.63) is 18.2 Å². The molecule has 0 heterocycles. The van der Waals surface area contributed by atoms with Crippen molar-refractivity contribution in [3.63, 3.8) is 0 Å². The molecule has 8 nitrogen and oxygen atoms in total. The third-order valence-electron chi connectivity index (χ3n) is 2.46. The van der Waals surface area contributed by atoms with Crippen LogP contribution < -0.4 is 19.9 Å². The Bertz CT molecular complexity index is 587. The molecule has 1 rings (SSSR count). The van der Waals surface area contributed by atoms with E-state index in [-0.39, 0.29) is 10.6 Å². The van der Waals surface area contributed by atoms with Gasteiger partial charge in [0.15, 0.2) is 11.5 Å². The molecule has 1 atom stereocenters. The molecule has 9 heteroatoms. The van der Waals surface area contributed by atoms with Crippen molar-refractivity contribution in [1.29, 1.82) is 0 Å². The Labute approximate surface area is 116 Å². The van der Waals surface area contributed by atoms with Crippen molar-refractivity contribution in [1.82, 2.24) is 4.72 Å². The van der Waals surface area contributed by atoms with E-state index >= 15 is 0 Å². The lowest BCUT2D eigenvalue weighted by atomic mass is 10.3. The molecular formula is C11H16N2O6S. The lowest BCUT2D eigenvalue weighted by Crippen LogP contribution is -2.39. The monoisotopic (exact) mass is 304 g/mol. The minimum Gasteiger partial charge on any atom is -0.493 e. The van der Waals surface area contributed by atoms with Gasteiger partial charge in [-0.25, -0.2) is 13.1 Å². The number of methoxy groups -OCH3 is 2. The van der Waals surface area contributed by atoms with E-state index in [0.717, 1.165) is 0 Å². The van der Waals surface area contributed by atoms with Gasteiger partial charge in [0.2, 0.25) is 15.9 Å². The van der Waals surface area contributed by atoms with Gasteiger partial charge in [0.1, 0.15) is 6.10 Å². The maximum absolute atomic E-state index is 12.0. The summed E-state index contributed by atoms with van der Waals surface area (Å²) in [4.78, 5) is 10.5. The topological polar surface area (TPSA) is 128 Å². The summed E-state index contributed by atoms with van der Waals surface area (Å²) < 4.78 is 36.0. The molecule has 0 radical (unpaired) electrons. The van der Waals surface area contributed by atoms with E-state index in [4.69, 9.17) is 15.2 Å². The fourth-order valence-corrected chi connectivity index (χ4v) is 2.41. The van der Waals surface area contributed by atoms with Crippen molar-refractivity contribution in [3.8, 4) is 11.5 Å². The summed E-state index contributed by atoms with van der Waals surface area (Å²) in [5, 5.41) is 9.17. The number of aliphatic hydroxyl groups is 1. The molecule has 0 spiro atoms. The number of ether oxygens (including phenoxy) is 2. The van der Waals surface area contributed by atoms with Gasteiger partial charge in [0, 0.05) is 12.6 Å². The van der Waals surface area contributed by atoms with Gasteiger partial charge in [-0.2, -0.15) is 0 Å². The zero-order valence-electron chi connectivity index (χ0n) is 11.0. The molecule has 112 valence electrons. The predicted octanol–water partition coefficient (Wildman–Crippen LogP) is -1.17. The Kier molecular flexibility index (Phi) is 5.31. The highest BCUT2D eigenvalue weighted by molar-refractivity contribution is 7.89. The minimum atomic E-state index is -3.90. The van der Waals surface area contributed by atoms with E-state index in [1.807, 2.05) is 0 Å². The fourth-order valence-electron chi connectivity index (χ4n) is 1.36. The summed E-state index contributed by atoms with van der Waals surface area (Å²) in [6.07, 6.45) is -1.59. The van der Waals surface area contributed by atoms with E-state index in [2.05, 4.69) is 4.72 Å². The van der Waals surface area contributed by atoms with Crippen LogP contribution in [0.1, 0.15) is 0 Å². The first-order chi connectivity index (χ1) is 9.31. The molecule has 1 aromatic rings. The third-order valence-corrected chi connectivity index (χ3v) is 3.88. The van der Waals surface area contributed by atoms with Gasteiger partial charge in [0.25, 0.3) is 0 Å². The molecule has 0 aromatic heterocycles. The molecule has 0 saturated carbocycles. The predicted molar refractivity (Wildman–Crippen MR) is 69.9 cm³/mol. The smallest absolute Gasteiger partial charge is 0.247 e. The maximum atomic E-state index is 12.0. The summed E-state index contributed by atoms with van der Waals surface area (Å²) in [6.45, 7) is -0.508. The first-order valence-electron chi connectivity index (χ1n) is 5.51. The van der Waals surface area contributed by atoms with Crippen molar-refractivity contribution in [2.24, 2.45) is 5.73 Å². The molecule has 0 bridgehead atoms. The fraction of sp³-hybridized carbons (Fsp3) is 0.364. The Morgan fingerprint density at radius 2 is 1.95 bits per heavy atom. The average molecular weight is 304 g/mol. The second kappa shape index (κ2) is 6.55. The van der Waals surface area contributed by atoms with Crippen LogP contribution in [-0.4, -0.2) is 46.3 Å². The van der Waals surface area contributed by atoms with E-state index in [0.29, 0.717) is 5.75 Å². The van der Waals surface area contributed by atoms with Crippen LogP contribution in [0.15, 0.2) is 23.1 Å². The number of hydrogen-bond acceptors (Lipinski definition) is 6. The van der Waals surface area contributed by atoms with Gasteiger partial charge in [-0.3, -0.25) is 4.79 Å². The van der Waals surface area contributed by atoms with E-state index in [9.17, 15) is 18.3 Å². The number of sulfonamides is 1. The van der Waals surface area contributed by atoms with E-state index in [1.54, 1.807) is 0 Å². The summed E-state index contributed by atoms with van der Waals surface area (Å²) in [7, 11) is -1.10. The molecule has 20 heavy (non-hydrogen) atoms. The number of nitrogens with two attached hydrogens (primary N) is 1. The molecule has 1 aromatic carbocycles. The molecular weight excluding hydrogens is 288 g/mol. The first-order valence-corrected chi connectivity index (χ1v) is 6.99. The molecule has 1 unspecified atom stereocenters. The summed E-state index contributed by atoms with van der Waals surface area (Å²) >= 11 is 0. The number of amides is 1. The molecule has 0 saturated heterocycles. The molecule has 0 aliphatic carbocycles. The molecule has 0 aliphatic heterocycles. The Balaban J connectivity index is 2.95. The van der Waals surface area contributed by atoms with Crippen LogP contribution in [0.5, 0.6) is 11.5 Å². The van der Waals surface area contributed by atoms with Crippen molar-refractivity contribution < 1.29 is 27.8 Å². The summed E-state index contributed by atoms with van der Waals surface area (Å²) in [5.41, 5.74) is 4.83. The van der Waals surface area contributed by atoms with Crippen LogP contribution in [0.3, 0.4) is 0 Å². The van der Waals surface area contributed by atoms with Crippen molar-refractivity contribution >= 4 is 15.9 Å². The van der Waals surface area contributed by atoms with Crippen molar-refractivity contribution in [2.45, 2.75) is 11.0 Å². The maximum Gasteiger partial charge on any atom is 0.247 e. The van der Waals surface area contributed by atoms with Crippen molar-refractivity contribution in [2.75, 3.05) is 20.8 Å². The number of nitrogens with one attached hydrogen (secondary N) is 1. The minimum absolute atomic E-state index is 0.0909. The standard InChI is InChI=1S/C11H16N2O6S/c1-18-9-4-3-7(5-10(9)19-2)20(16,17)13-6-8(14)11(12)15/h3-5,8,13-14H,6H2,1-2H3,(H2,12,15). The van der Waals surface area contributed by atoms with Crippen LogP contribution in [0, 0.1) is 0 Å². The quantitative estimate of drug-likeness (QED) is 0.582. The van der Waals surface area contributed by atoms with Gasteiger partial charge >= 0.3 is 0 Å². The molecule has 0 aliphatic rings. The summed E-state index contributed by atoms with van der Waals surface area (Å²) in [5.74, 6) is -0.394. The first kappa shape index (κ1) is 16.2. The van der Waals surface area contributed by atoms with E-state index in [1.165, 1.54) is 32.4 Å².